The van der Waals surface area contributed by atoms with Crippen LogP contribution in [-0.2, 0) is 6.42 Å². The van der Waals surface area contributed by atoms with Gasteiger partial charge in [0.2, 0.25) is 0 Å². The summed E-state index contributed by atoms with van der Waals surface area (Å²) in [5, 5.41) is 3.39. The van der Waals surface area contributed by atoms with Crippen LogP contribution in [0, 0.1) is 5.82 Å². The van der Waals surface area contributed by atoms with Gasteiger partial charge in [-0.15, -0.1) is 0 Å². The van der Waals surface area contributed by atoms with Crippen molar-refractivity contribution >= 4 is 15.9 Å². The number of halogens is 2. The third-order valence-electron chi connectivity index (χ3n) is 3.97. The molecular formula is C17H17BrFNO2. The SMILES string of the molecule is COc1cc2c(cc1OC)C(c1cc(Br)ccc1F)NCC2. The molecule has 22 heavy (non-hydrogen) atoms. The van der Waals surface area contributed by atoms with Crippen LogP contribution in [0.4, 0.5) is 4.39 Å². The fraction of sp³-hybridized carbons (Fsp3) is 0.294. The molecule has 116 valence electrons. The lowest BCUT2D eigenvalue weighted by Crippen LogP contribution is -2.31. The molecule has 0 fully saturated rings. The van der Waals surface area contributed by atoms with Crippen LogP contribution in [0.2, 0.25) is 0 Å². The first-order valence-electron chi connectivity index (χ1n) is 7.07. The highest BCUT2D eigenvalue weighted by Crippen LogP contribution is 2.38. The lowest BCUT2D eigenvalue weighted by molar-refractivity contribution is 0.352. The molecule has 5 heteroatoms. The highest BCUT2D eigenvalue weighted by atomic mass is 79.9. The van der Waals surface area contributed by atoms with Gasteiger partial charge in [-0.2, -0.15) is 0 Å². The first kappa shape index (κ1) is 15.3. The average Bonchev–Trinajstić information content (AvgIpc) is 2.55. The van der Waals surface area contributed by atoms with Crippen LogP contribution >= 0.6 is 15.9 Å². The summed E-state index contributed by atoms with van der Waals surface area (Å²) >= 11 is 3.41. The Morgan fingerprint density at radius 2 is 1.82 bits per heavy atom. The highest BCUT2D eigenvalue weighted by molar-refractivity contribution is 9.10. The van der Waals surface area contributed by atoms with Crippen molar-refractivity contribution in [3.63, 3.8) is 0 Å². The third kappa shape index (κ3) is 2.71. The molecule has 1 N–H and O–H groups in total. The minimum atomic E-state index is -0.219. The zero-order chi connectivity index (χ0) is 15.7. The molecule has 0 amide bonds. The minimum absolute atomic E-state index is 0.193. The van der Waals surface area contributed by atoms with Gasteiger partial charge < -0.3 is 14.8 Å². The fourth-order valence-electron chi connectivity index (χ4n) is 2.90. The summed E-state index contributed by atoms with van der Waals surface area (Å²) in [7, 11) is 3.23. The van der Waals surface area contributed by atoms with Crippen LogP contribution in [-0.4, -0.2) is 20.8 Å². The fourth-order valence-corrected chi connectivity index (χ4v) is 3.28. The van der Waals surface area contributed by atoms with E-state index in [0.29, 0.717) is 17.1 Å². The first-order valence-corrected chi connectivity index (χ1v) is 7.86. The van der Waals surface area contributed by atoms with Crippen molar-refractivity contribution in [2.45, 2.75) is 12.5 Å². The maximum Gasteiger partial charge on any atom is 0.161 e. The summed E-state index contributed by atoms with van der Waals surface area (Å²) in [5.41, 5.74) is 2.81. The van der Waals surface area contributed by atoms with Crippen molar-refractivity contribution < 1.29 is 13.9 Å². The van der Waals surface area contributed by atoms with E-state index in [-0.39, 0.29) is 11.9 Å². The molecule has 0 aromatic heterocycles. The number of hydrogen-bond donors (Lipinski definition) is 1. The van der Waals surface area contributed by atoms with Crippen LogP contribution < -0.4 is 14.8 Å². The second-order valence-electron chi connectivity index (χ2n) is 5.21. The number of hydrogen-bond acceptors (Lipinski definition) is 3. The Hall–Kier alpha value is -1.59. The smallest absolute Gasteiger partial charge is 0.161 e. The molecule has 2 aromatic rings. The summed E-state index contributed by atoms with van der Waals surface area (Å²) in [5.74, 6) is 1.14. The van der Waals surface area contributed by atoms with Crippen molar-refractivity contribution in [3.8, 4) is 11.5 Å². The van der Waals surface area contributed by atoms with Gasteiger partial charge in [0.15, 0.2) is 11.5 Å². The lowest BCUT2D eigenvalue weighted by atomic mass is 9.89. The molecule has 3 rings (SSSR count). The Labute approximate surface area is 137 Å². The molecule has 1 unspecified atom stereocenters. The van der Waals surface area contributed by atoms with Crippen LogP contribution in [0.1, 0.15) is 22.7 Å². The van der Waals surface area contributed by atoms with E-state index < -0.39 is 0 Å². The lowest BCUT2D eigenvalue weighted by Gasteiger charge is -2.29. The normalized spacial score (nSPS) is 17.0. The van der Waals surface area contributed by atoms with Gasteiger partial charge >= 0.3 is 0 Å². The molecule has 0 bridgehead atoms. The third-order valence-corrected chi connectivity index (χ3v) is 4.46. The number of methoxy groups -OCH3 is 2. The van der Waals surface area contributed by atoms with E-state index in [1.165, 1.54) is 6.07 Å². The Bertz CT molecular complexity index is 705. The van der Waals surface area contributed by atoms with E-state index in [0.717, 1.165) is 28.6 Å². The summed E-state index contributed by atoms with van der Waals surface area (Å²) in [6, 6.07) is 8.73. The number of ether oxygens (including phenoxy) is 2. The van der Waals surface area contributed by atoms with Gasteiger partial charge in [0.25, 0.3) is 0 Å². The molecule has 1 aliphatic heterocycles. The number of fused-ring (bicyclic) bond motifs is 1. The molecule has 1 heterocycles. The van der Waals surface area contributed by atoms with Crippen molar-refractivity contribution in [1.82, 2.24) is 5.32 Å². The quantitative estimate of drug-likeness (QED) is 0.896. The van der Waals surface area contributed by atoms with Crippen LogP contribution in [0.5, 0.6) is 11.5 Å². The number of rotatable bonds is 3. The van der Waals surface area contributed by atoms with E-state index in [2.05, 4.69) is 21.2 Å². The summed E-state index contributed by atoms with van der Waals surface area (Å²) < 4.78 is 25.9. The van der Waals surface area contributed by atoms with Crippen molar-refractivity contribution in [2.75, 3.05) is 20.8 Å². The second kappa shape index (κ2) is 6.26. The zero-order valence-electron chi connectivity index (χ0n) is 12.5. The molecular weight excluding hydrogens is 349 g/mol. The first-order chi connectivity index (χ1) is 10.6. The van der Waals surface area contributed by atoms with E-state index in [9.17, 15) is 4.39 Å². The van der Waals surface area contributed by atoms with Gasteiger partial charge in [-0.25, -0.2) is 4.39 Å². The topological polar surface area (TPSA) is 30.5 Å². The predicted molar refractivity (Wildman–Crippen MR) is 87.2 cm³/mol. The van der Waals surface area contributed by atoms with Gasteiger partial charge in [-0.1, -0.05) is 15.9 Å². The second-order valence-corrected chi connectivity index (χ2v) is 6.12. The zero-order valence-corrected chi connectivity index (χ0v) is 14.0. The number of benzene rings is 2. The van der Waals surface area contributed by atoms with Gasteiger partial charge in [0, 0.05) is 16.6 Å². The molecule has 0 saturated heterocycles. The van der Waals surface area contributed by atoms with E-state index in [4.69, 9.17) is 9.47 Å². The maximum absolute atomic E-state index is 14.3. The monoisotopic (exact) mass is 365 g/mol. The largest absolute Gasteiger partial charge is 0.493 e. The molecule has 0 aliphatic carbocycles. The molecule has 1 atom stereocenters. The molecule has 2 aromatic carbocycles. The van der Waals surface area contributed by atoms with Gasteiger partial charge in [-0.3, -0.25) is 0 Å². The van der Waals surface area contributed by atoms with Crippen molar-refractivity contribution in [3.05, 3.63) is 57.3 Å². The van der Waals surface area contributed by atoms with E-state index in [1.54, 1.807) is 20.3 Å². The van der Waals surface area contributed by atoms with Crippen LogP contribution in [0.25, 0.3) is 0 Å². The predicted octanol–water partition coefficient (Wildman–Crippen LogP) is 3.84. The molecule has 0 saturated carbocycles. The van der Waals surface area contributed by atoms with Gasteiger partial charge in [-0.05, 0) is 47.9 Å². The maximum atomic E-state index is 14.3. The van der Waals surface area contributed by atoms with E-state index >= 15 is 0 Å². The number of nitrogens with one attached hydrogen (secondary N) is 1. The standard InChI is InChI=1S/C17H17BrFNO2/c1-21-15-7-10-5-6-20-17(12(10)9-16(15)22-2)13-8-11(18)3-4-14(13)19/h3-4,7-9,17,20H,5-6H2,1-2H3. The molecule has 1 aliphatic rings. The average molecular weight is 366 g/mol. The van der Waals surface area contributed by atoms with Crippen LogP contribution in [0.3, 0.4) is 0 Å². The molecule has 0 radical (unpaired) electrons. The Kier molecular flexibility index (Phi) is 4.36. The van der Waals surface area contributed by atoms with Gasteiger partial charge in [0.1, 0.15) is 5.82 Å². The highest BCUT2D eigenvalue weighted by Gasteiger charge is 2.26. The minimum Gasteiger partial charge on any atom is -0.493 e. The van der Waals surface area contributed by atoms with Crippen molar-refractivity contribution in [1.29, 1.82) is 0 Å². The summed E-state index contributed by atoms with van der Waals surface area (Å²) in [6.45, 7) is 0.791. The van der Waals surface area contributed by atoms with Crippen LogP contribution in [0.15, 0.2) is 34.8 Å². The molecule has 3 nitrogen and oxygen atoms in total. The Balaban J connectivity index is 2.13. The van der Waals surface area contributed by atoms with Crippen molar-refractivity contribution in [2.24, 2.45) is 0 Å². The van der Waals surface area contributed by atoms with E-state index in [1.807, 2.05) is 18.2 Å². The Morgan fingerprint density at radius 3 is 2.55 bits per heavy atom. The summed E-state index contributed by atoms with van der Waals surface area (Å²) in [4.78, 5) is 0. The van der Waals surface area contributed by atoms with Gasteiger partial charge in [0.05, 0.1) is 20.3 Å². The summed E-state index contributed by atoms with van der Waals surface area (Å²) in [6.07, 6.45) is 0.877. The Morgan fingerprint density at radius 1 is 1.09 bits per heavy atom. The molecule has 0 spiro atoms.